The average Bonchev–Trinajstić information content (AvgIpc) is 3.07. The number of carbonyl (C=O) groups is 1. The van der Waals surface area contributed by atoms with E-state index in [1.54, 1.807) is 53.2 Å². The van der Waals surface area contributed by atoms with Crippen LogP contribution in [0.15, 0.2) is 47.6 Å². The second kappa shape index (κ2) is 7.37. The van der Waals surface area contributed by atoms with Crippen LogP contribution >= 0.6 is 0 Å². The van der Waals surface area contributed by atoms with Crippen molar-refractivity contribution in [2.45, 2.75) is 24.8 Å². The van der Waals surface area contributed by atoms with Gasteiger partial charge in [0.1, 0.15) is 0 Å². The Balaban J connectivity index is 1.78. The summed E-state index contributed by atoms with van der Waals surface area (Å²) in [6.07, 6.45) is 4.46. The Morgan fingerprint density at radius 3 is 2.68 bits per heavy atom. The fraction of sp³-hybridized carbons (Fsp3) is 0.412. The number of sulfonamides is 1. The molecule has 0 radical (unpaired) electrons. The molecule has 1 aliphatic rings. The average molecular weight is 362 g/mol. The molecule has 2 heterocycles. The van der Waals surface area contributed by atoms with Crippen molar-refractivity contribution in [3.8, 4) is 0 Å². The lowest BCUT2D eigenvalue weighted by molar-refractivity contribution is 0.0651. The van der Waals surface area contributed by atoms with Crippen LogP contribution in [0.5, 0.6) is 0 Å². The summed E-state index contributed by atoms with van der Waals surface area (Å²) < 4.78 is 28.9. The fourth-order valence-corrected chi connectivity index (χ4v) is 4.22. The van der Waals surface area contributed by atoms with Crippen LogP contribution in [0, 0.1) is 0 Å². The zero-order valence-electron chi connectivity index (χ0n) is 14.2. The maximum Gasteiger partial charge on any atom is 0.253 e. The number of hydrogen-bond acceptors (Lipinski definition) is 4. The summed E-state index contributed by atoms with van der Waals surface area (Å²) in [5.74, 6) is -0.108. The first kappa shape index (κ1) is 17.6. The van der Waals surface area contributed by atoms with Gasteiger partial charge in [-0.25, -0.2) is 8.42 Å². The first-order valence-electron chi connectivity index (χ1n) is 8.39. The van der Waals surface area contributed by atoms with E-state index in [4.69, 9.17) is 0 Å². The van der Waals surface area contributed by atoms with Crippen LogP contribution in [0.3, 0.4) is 0 Å². The standard InChI is InChI=1S/C17H22N4O3S/c1-2-21(13-12-20-11-4-8-18-20)25(23,24)16-7-3-6-15(14-16)17(22)19-9-5-10-19/h3-4,6-8,11,14H,2,5,9-10,12-13H2,1H3. The predicted molar refractivity (Wildman–Crippen MR) is 93.6 cm³/mol. The van der Waals surface area contributed by atoms with E-state index in [0.717, 1.165) is 19.5 Å². The highest BCUT2D eigenvalue weighted by Crippen LogP contribution is 2.19. The van der Waals surface area contributed by atoms with E-state index < -0.39 is 10.0 Å². The van der Waals surface area contributed by atoms with Gasteiger partial charge in [0.15, 0.2) is 0 Å². The molecule has 2 aromatic rings. The van der Waals surface area contributed by atoms with Gasteiger partial charge in [-0.1, -0.05) is 13.0 Å². The molecule has 3 rings (SSSR count). The summed E-state index contributed by atoms with van der Waals surface area (Å²) in [4.78, 5) is 14.2. The smallest absolute Gasteiger partial charge is 0.253 e. The number of nitrogens with zero attached hydrogens (tertiary/aromatic N) is 4. The molecule has 0 saturated carbocycles. The summed E-state index contributed by atoms with van der Waals surface area (Å²) in [5, 5.41) is 4.09. The highest BCUT2D eigenvalue weighted by Gasteiger charge is 2.26. The van der Waals surface area contributed by atoms with Gasteiger partial charge in [0.25, 0.3) is 5.91 Å². The molecule has 0 spiro atoms. The topological polar surface area (TPSA) is 75.5 Å². The summed E-state index contributed by atoms with van der Waals surface area (Å²) in [6, 6.07) is 8.11. The zero-order valence-corrected chi connectivity index (χ0v) is 15.0. The van der Waals surface area contributed by atoms with Gasteiger partial charge in [0.2, 0.25) is 10.0 Å². The normalized spacial score (nSPS) is 14.6. The van der Waals surface area contributed by atoms with E-state index in [0.29, 0.717) is 25.2 Å². The maximum absolute atomic E-state index is 12.9. The molecule has 0 unspecified atom stereocenters. The molecule has 0 atom stereocenters. The van der Waals surface area contributed by atoms with Crippen LogP contribution < -0.4 is 0 Å². The van der Waals surface area contributed by atoms with Crippen molar-refractivity contribution in [2.75, 3.05) is 26.2 Å². The second-order valence-corrected chi connectivity index (χ2v) is 7.88. The van der Waals surface area contributed by atoms with Gasteiger partial charge in [0.05, 0.1) is 11.4 Å². The minimum Gasteiger partial charge on any atom is -0.339 e. The third-order valence-corrected chi connectivity index (χ3v) is 6.32. The molecule has 0 aliphatic carbocycles. The number of hydrogen-bond donors (Lipinski definition) is 0. The molecular formula is C17H22N4O3S. The Morgan fingerprint density at radius 2 is 2.08 bits per heavy atom. The van der Waals surface area contributed by atoms with E-state index in [-0.39, 0.29) is 10.8 Å². The Hall–Kier alpha value is -2.19. The number of likely N-dealkylation sites (N-methyl/N-ethyl adjacent to an activating group) is 1. The van der Waals surface area contributed by atoms with Crippen LogP contribution in [-0.4, -0.2) is 59.5 Å². The van der Waals surface area contributed by atoms with Gasteiger partial charge in [-0.05, 0) is 30.7 Å². The van der Waals surface area contributed by atoms with Crippen LogP contribution in [-0.2, 0) is 16.6 Å². The second-order valence-electron chi connectivity index (χ2n) is 5.94. The Morgan fingerprint density at radius 1 is 1.28 bits per heavy atom. The lowest BCUT2D eigenvalue weighted by Crippen LogP contribution is -2.42. The molecule has 1 fully saturated rings. The molecule has 0 bridgehead atoms. The zero-order chi connectivity index (χ0) is 17.9. The monoisotopic (exact) mass is 362 g/mol. The Labute approximate surface area is 147 Å². The largest absolute Gasteiger partial charge is 0.339 e. The van der Waals surface area contributed by atoms with Gasteiger partial charge in [-0.3, -0.25) is 9.48 Å². The van der Waals surface area contributed by atoms with Crippen molar-refractivity contribution < 1.29 is 13.2 Å². The van der Waals surface area contributed by atoms with Crippen LogP contribution in [0.25, 0.3) is 0 Å². The molecule has 1 saturated heterocycles. The fourth-order valence-electron chi connectivity index (χ4n) is 2.74. The third kappa shape index (κ3) is 3.74. The summed E-state index contributed by atoms with van der Waals surface area (Å²) in [7, 11) is -3.65. The molecule has 1 aromatic heterocycles. The molecule has 1 aromatic carbocycles. The van der Waals surface area contributed by atoms with Crippen molar-refractivity contribution in [3.63, 3.8) is 0 Å². The molecule has 7 nitrogen and oxygen atoms in total. The van der Waals surface area contributed by atoms with Gasteiger partial charge >= 0.3 is 0 Å². The van der Waals surface area contributed by atoms with E-state index in [1.165, 1.54) is 10.4 Å². The Bertz CT molecular complexity index is 829. The Kier molecular flexibility index (Phi) is 5.19. The predicted octanol–water partition coefficient (Wildman–Crippen LogP) is 1.44. The maximum atomic E-state index is 12.9. The summed E-state index contributed by atoms with van der Waals surface area (Å²) in [5.41, 5.74) is 0.420. The van der Waals surface area contributed by atoms with Crippen molar-refractivity contribution in [2.24, 2.45) is 0 Å². The van der Waals surface area contributed by atoms with Gasteiger partial charge in [-0.15, -0.1) is 0 Å². The molecular weight excluding hydrogens is 340 g/mol. The number of amides is 1. The number of carbonyl (C=O) groups excluding carboxylic acids is 1. The SMILES string of the molecule is CCN(CCn1cccn1)S(=O)(=O)c1cccc(C(=O)N2CCC2)c1. The minimum atomic E-state index is -3.65. The van der Waals surface area contributed by atoms with Gasteiger partial charge in [-0.2, -0.15) is 9.40 Å². The molecule has 1 amide bonds. The molecule has 8 heteroatoms. The van der Waals surface area contributed by atoms with E-state index in [1.807, 2.05) is 0 Å². The minimum absolute atomic E-state index is 0.108. The van der Waals surface area contributed by atoms with E-state index in [2.05, 4.69) is 5.10 Å². The first-order valence-corrected chi connectivity index (χ1v) is 9.83. The molecule has 25 heavy (non-hydrogen) atoms. The number of aromatic nitrogens is 2. The quantitative estimate of drug-likeness (QED) is 0.747. The lowest BCUT2D eigenvalue weighted by atomic mass is 10.1. The van der Waals surface area contributed by atoms with Crippen LogP contribution in [0.4, 0.5) is 0 Å². The van der Waals surface area contributed by atoms with Crippen LogP contribution in [0.1, 0.15) is 23.7 Å². The van der Waals surface area contributed by atoms with Gasteiger partial charge in [0, 0.05) is 44.1 Å². The van der Waals surface area contributed by atoms with E-state index >= 15 is 0 Å². The molecule has 0 N–H and O–H groups in total. The van der Waals surface area contributed by atoms with Crippen molar-refractivity contribution >= 4 is 15.9 Å². The van der Waals surface area contributed by atoms with Gasteiger partial charge < -0.3 is 4.90 Å². The number of benzene rings is 1. The summed E-state index contributed by atoms with van der Waals surface area (Å²) >= 11 is 0. The van der Waals surface area contributed by atoms with E-state index in [9.17, 15) is 13.2 Å². The highest BCUT2D eigenvalue weighted by molar-refractivity contribution is 7.89. The third-order valence-electron chi connectivity index (χ3n) is 4.35. The molecule has 134 valence electrons. The van der Waals surface area contributed by atoms with Crippen molar-refractivity contribution in [1.29, 1.82) is 0 Å². The van der Waals surface area contributed by atoms with Crippen molar-refractivity contribution in [1.82, 2.24) is 19.0 Å². The highest BCUT2D eigenvalue weighted by atomic mass is 32.2. The number of rotatable bonds is 7. The van der Waals surface area contributed by atoms with Crippen molar-refractivity contribution in [3.05, 3.63) is 48.3 Å². The van der Waals surface area contributed by atoms with Crippen LogP contribution in [0.2, 0.25) is 0 Å². The lowest BCUT2D eigenvalue weighted by Gasteiger charge is -2.31. The number of likely N-dealkylation sites (tertiary alicyclic amines) is 1. The first-order chi connectivity index (χ1) is 12.0. The molecule has 1 aliphatic heterocycles. The summed E-state index contributed by atoms with van der Waals surface area (Å²) in [6.45, 7) is 4.43.